The minimum Gasteiger partial charge on any atom is -0.497 e. The van der Waals surface area contributed by atoms with Crippen LogP contribution in [0.5, 0.6) is 5.75 Å². The van der Waals surface area contributed by atoms with E-state index in [-0.39, 0.29) is 6.17 Å². The molecule has 0 spiro atoms. The van der Waals surface area contributed by atoms with Crippen LogP contribution in [-0.2, 0) is 0 Å². The van der Waals surface area contributed by atoms with Crippen LogP contribution in [0.2, 0.25) is 0 Å². The number of anilines is 1. The number of rotatable bonds is 3. The van der Waals surface area contributed by atoms with Gasteiger partial charge in [-0.1, -0.05) is 0 Å². The third kappa shape index (κ3) is 2.14. The van der Waals surface area contributed by atoms with Crippen LogP contribution in [-0.4, -0.2) is 19.8 Å². The van der Waals surface area contributed by atoms with Crippen molar-refractivity contribution in [3.05, 3.63) is 24.3 Å². The molecule has 1 saturated heterocycles. The lowest BCUT2D eigenvalue weighted by molar-refractivity contribution is 0.415. The van der Waals surface area contributed by atoms with Crippen LogP contribution in [0.25, 0.3) is 0 Å². The first-order valence-corrected chi connectivity index (χ1v) is 4.52. The van der Waals surface area contributed by atoms with Gasteiger partial charge in [-0.3, -0.25) is 0 Å². The molecule has 0 amide bonds. The van der Waals surface area contributed by atoms with Gasteiger partial charge in [0.05, 0.1) is 7.11 Å². The highest BCUT2D eigenvalue weighted by Gasteiger charge is 2.11. The van der Waals surface area contributed by atoms with E-state index in [1.807, 2.05) is 24.3 Å². The molecule has 14 heavy (non-hydrogen) atoms. The summed E-state index contributed by atoms with van der Waals surface area (Å²) in [5.41, 5.74) is 9.89. The Kier molecular flexibility index (Phi) is 2.83. The van der Waals surface area contributed by atoms with E-state index in [1.165, 1.54) is 0 Å². The zero-order valence-electron chi connectivity index (χ0n) is 8.00. The Labute approximate surface area is 82.8 Å². The lowest BCUT2D eigenvalue weighted by Gasteiger charge is -2.12. The van der Waals surface area contributed by atoms with E-state index >= 15 is 0 Å². The molecule has 1 aromatic rings. The molecule has 0 saturated carbocycles. The smallest absolute Gasteiger partial charge is 0.119 e. The highest BCUT2D eigenvalue weighted by atomic mass is 16.5. The Morgan fingerprint density at radius 2 is 2.14 bits per heavy atom. The average Bonchev–Trinajstić information content (AvgIpc) is 2.72. The maximum Gasteiger partial charge on any atom is 0.119 e. The van der Waals surface area contributed by atoms with E-state index < -0.39 is 0 Å². The second-order valence-electron chi connectivity index (χ2n) is 3.08. The van der Waals surface area contributed by atoms with E-state index in [9.17, 15) is 0 Å². The van der Waals surface area contributed by atoms with Gasteiger partial charge in [0.1, 0.15) is 11.9 Å². The molecule has 0 bridgehead atoms. The Balaban J connectivity index is 1.95. The Morgan fingerprint density at radius 3 is 2.71 bits per heavy atom. The summed E-state index contributed by atoms with van der Waals surface area (Å²) < 4.78 is 5.07. The number of hydrogen-bond acceptors (Lipinski definition) is 5. The molecule has 1 fully saturated rings. The molecular weight excluding hydrogens is 180 g/mol. The fourth-order valence-corrected chi connectivity index (χ4v) is 1.32. The minimum absolute atomic E-state index is 0.211. The summed E-state index contributed by atoms with van der Waals surface area (Å²) in [5, 5.41) is 3.30. The van der Waals surface area contributed by atoms with Crippen LogP contribution in [0.1, 0.15) is 0 Å². The van der Waals surface area contributed by atoms with Gasteiger partial charge < -0.3 is 10.1 Å². The molecule has 2 rings (SSSR count). The number of ether oxygens (including phenoxy) is 1. The molecule has 4 N–H and O–H groups in total. The number of methoxy groups -OCH3 is 1. The summed E-state index contributed by atoms with van der Waals surface area (Å²) in [5.74, 6) is 0.867. The van der Waals surface area contributed by atoms with Gasteiger partial charge in [-0.15, -0.1) is 0 Å². The molecule has 5 nitrogen and oxygen atoms in total. The molecule has 5 heteroatoms. The van der Waals surface area contributed by atoms with Crippen molar-refractivity contribution in [2.75, 3.05) is 19.0 Å². The molecule has 1 heterocycles. The van der Waals surface area contributed by atoms with Crippen molar-refractivity contribution >= 4 is 5.69 Å². The maximum absolute atomic E-state index is 5.07. The van der Waals surface area contributed by atoms with Crippen molar-refractivity contribution in [2.45, 2.75) is 6.17 Å². The zero-order chi connectivity index (χ0) is 9.80. The molecule has 1 aromatic carbocycles. The van der Waals surface area contributed by atoms with E-state index in [0.29, 0.717) is 0 Å². The van der Waals surface area contributed by atoms with Gasteiger partial charge in [0.2, 0.25) is 0 Å². The van der Waals surface area contributed by atoms with Crippen molar-refractivity contribution in [3.63, 3.8) is 0 Å². The van der Waals surface area contributed by atoms with Gasteiger partial charge in [-0.05, 0) is 24.3 Å². The number of nitrogens with one attached hydrogen (secondary N) is 4. The van der Waals surface area contributed by atoms with Crippen molar-refractivity contribution in [1.29, 1.82) is 0 Å². The first-order valence-electron chi connectivity index (χ1n) is 4.52. The van der Waals surface area contributed by atoms with Crippen LogP contribution >= 0.6 is 0 Å². The second-order valence-corrected chi connectivity index (χ2v) is 3.08. The lowest BCUT2D eigenvalue weighted by Crippen LogP contribution is -2.37. The van der Waals surface area contributed by atoms with Crippen LogP contribution in [0.3, 0.4) is 0 Å². The minimum atomic E-state index is 0.211. The number of hydrogen-bond donors (Lipinski definition) is 4. The van der Waals surface area contributed by atoms with Crippen LogP contribution in [0.4, 0.5) is 5.69 Å². The van der Waals surface area contributed by atoms with Gasteiger partial charge in [0.25, 0.3) is 0 Å². The van der Waals surface area contributed by atoms with E-state index in [4.69, 9.17) is 4.74 Å². The standard InChI is InChI=1S/C9H14N4O/c1-14-8-4-2-7(3-5-8)11-9-6-10-13-12-9/h2-5,9-13H,6H2,1H3. The van der Waals surface area contributed by atoms with Crippen molar-refractivity contribution in [2.24, 2.45) is 0 Å². The molecule has 0 aromatic heterocycles. The first-order chi connectivity index (χ1) is 6.88. The Hall–Kier alpha value is -1.30. The molecule has 0 radical (unpaired) electrons. The normalized spacial score (nSPS) is 20.8. The van der Waals surface area contributed by atoms with Gasteiger partial charge in [-0.2, -0.15) is 5.53 Å². The molecule has 1 atom stereocenters. The fraction of sp³-hybridized carbons (Fsp3) is 0.333. The quantitative estimate of drug-likeness (QED) is 0.547. The highest BCUT2D eigenvalue weighted by molar-refractivity contribution is 5.47. The van der Waals surface area contributed by atoms with Crippen molar-refractivity contribution in [3.8, 4) is 5.75 Å². The molecule has 76 valence electrons. The van der Waals surface area contributed by atoms with Crippen LogP contribution in [0.15, 0.2) is 24.3 Å². The van der Waals surface area contributed by atoms with Crippen LogP contribution in [0, 0.1) is 0 Å². The largest absolute Gasteiger partial charge is 0.497 e. The summed E-state index contributed by atoms with van der Waals surface area (Å²) in [6, 6.07) is 7.83. The van der Waals surface area contributed by atoms with Gasteiger partial charge >= 0.3 is 0 Å². The van der Waals surface area contributed by atoms with Gasteiger partial charge in [0, 0.05) is 12.2 Å². The van der Waals surface area contributed by atoms with Gasteiger partial charge in [-0.25, -0.2) is 10.9 Å². The number of hydrazine groups is 2. The van der Waals surface area contributed by atoms with Crippen molar-refractivity contribution < 1.29 is 4.74 Å². The molecule has 1 unspecified atom stereocenters. The molecule has 0 aliphatic carbocycles. The number of benzene rings is 1. The van der Waals surface area contributed by atoms with E-state index in [0.717, 1.165) is 18.0 Å². The second kappa shape index (κ2) is 4.28. The van der Waals surface area contributed by atoms with Crippen molar-refractivity contribution in [1.82, 2.24) is 16.4 Å². The fourth-order valence-electron chi connectivity index (χ4n) is 1.32. The summed E-state index contributed by atoms with van der Waals surface area (Å²) in [6.45, 7) is 0.839. The van der Waals surface area contributed by atoms with Crippen LogP contribution < -0.4 is 26.4 Å². The summed E-state index contributed by atoms with van der Waals surface area (Å²) in [4.78, 5) is 0. The first kappa shape index (κ1) is 9.26. The molecular formula is C9H14N4O. The summed E-state index contributed by atoms with van der Waals surface area (Å²) in [7, 11) is 1.66. The predicted molar refractivity (Wildman–Crippen MR) is 54.7 cm³/mol. The van der Waals surface area contributed by atoms with Gasteiger partial charge in [0.15, 0.2) is 0 Å². The zero-order valence-corrected chi connectivity index (χ0v) is 8.00. The van der Waals surface area contributed by atoms with E-state index in [1.54, 1.807) is 7.11 Å². The SMILES string of the molecule is COc1ccc(NC2CNNN2)cc1. The lowest BCUT2D eigenvalue weighted by atomic mass is 10.3. The molecule has 1 aliphatic rings. The summed E-state index contributed by atoms with van der Waals surface area (Å²) in [6.07, 6.45) is 0.211. The monoisotopic (exact) mass is 194 g/mol. The highest BCUT2D eigenvalue weighted by Crippen LogP contribution is 2.15. The average molecular weight is 194 g/mol. The third-order valence-corrected chi connectivity index (χ3v) is 2.07. The Bertz CT molecular complexity index is 281. The topological polar surface area (TPSA) is 57.4 Å². The molecule has 1 aliphatic heterocycles. The predicted octanol–water partition coefficient (Wildman–Crippen LogP) is 0.0456. The van der Waals surface area contributed by atoms with E-state index in [2.05, 4.69) is 21.7 Å². The third-order valence-electron chi connectivity index (χ3n) is 2.07. The summed E-state index contributed by atoms with van der Waals surface area (Å²) >= 11 is 0. The maximum atomic E-state index is 5.07. The Morgan fingerprint density at radius 1 is 1.36 bits per heavy atom.